The number of carboxylic acids is 1. The van der Waals surface area contributed by atoms with Gasteiger partial charge in [-0.3, -0.25) is 4.79 Å². The van der Waals surface area contributed by atoms with E-state index in [9.17, 15) is 9.90 Å². The summed E-state index contributed by atoms with van der Waals surface area (Å²) in [7, 11) is 0. The van der Waals surface area contributed by atoms with Crippen molar-refractivity contribution in [1.29, 1.82) is 0 Å². The third-order valence-corrected chi connectivity index (χ3v) is 6.20. The van der Waals surface area contributed by atoms with Crippen LogP contribution in [-0.4, -0.2) is 16.4 Å². The Balaban J connectivity index is 4.35. The lowest BCUT2D eigenvalue weighted by Gasteiger charge is -2.24. The summed E-state index contributed by atoms with van der Waals surface area (Å²) in [6, 6.07) is 0. The Morgan fingerprint density at radius 2 is 1.12 bits per heavy atom. The molecule has 0 rings (SSSR count). The number of halogens is 1. The quantitative estimate of drug-likeness (QED) is 0.155. The zero-order valence-electron chi connectivity index (χ0n) is 17.6. The van der Waals surface area contributed by atoms with Crippen LogP contribution in [0.4, 0.5) is 0 Å². The van der Waals surface area contributed by atoms with Crippen molar-refractivity contribution in [3.05, 3.63) is 0 Å². The van der Waals surface area contributed by atoms with Crippen molar-refractivity contribution in [2.24, 2.45) is 11.8 Å². The van der Waals surface area contributed by atoms with Gasteiger partial charge in [0, 0.05) is 5.33 Å². The van der Waals surface area contributed by atoms with Crippen LogP contribution in [0.15, 0.2) is 0 Å². The number of alkyl halides is 1. The van der Waals surface area contributed by atoms with Gasteiger partial charge in [-0.15, -0.1) is 0 Å². The Morgan fingerprint density at radius 1 is 0.692 bits per heavy atom. The monoisotopic (exact) mass is 432 g/mol. The van der Waals surface area contributed by atoms with E-state index in [0.29, 0.717) is 5.92 Å². The first-order chi connectivity index (χ1) is 12.7. The molecule has 0 fully saturated rings. The maximum Gasteiger partial charge on any atom is 0.306 e. The van der Waals surface area contributed by atoms with Crippen LogP contribution in [0, 0.1) is 11.8 Å². The molecule has 0 aromatic heterocycles. The van der Waals surface area contributed by atoms with Crippen molar-refractivity contribution in [2.45, 2.75) is 123 Å². The predicted octanol–water partition coefficient (Wildman–Crippen LogP) is 8.37. The molecule has 156 valence electrons. The maximum atomic E-state index is 11.9. The fourth-order valence-electron chi connectivity index (χ4n) is 3.94. The molecule has 0 heterocycles. The molecule has 0 aliphatic carbocycles. The first-order valence-electron chi connectivity index (χ1n) is 11.5. The molecule has 0 aliphatic heterocycles. The van der Waals surface area contributed by atoms with E-state index in [1.807, 2.05) is 0 Å². The first kappa shape index (κ1) is 26.0. The minimum atomic E-state index is -0.554. The zero-order chi connectivity index (χ0) is 19.5. The van der Waals surface area contributed by atoms with Crippen molar-refractivity contribution in [3.63, 3.8) is 0 Å². The SMILES string of the molecule is CCCCCCCCC(CCCCCCCC)C(CCCCBr)C(=O)O. The number of hydrogen-bond donors (Lipinski definition) is 1. The molecule has 0 amide bonds. The summed E-state index contributed by atoms with van der Waals surface area (Å²) in [5.74, 6) is -0.290. The molecule has 0 aliphatic rings. The number of unbranched alkanes of at least 4 members (excludes halogenated alkanes) is 11. The van der Waals surface area contributed by atoms with E-state index in [4.69, 9.17) is 0 Å². The lowest BCUT2D eigenvalue weighted by molar-refractivity contribution is -0.144. The minimum Gasteiger partial charge on any atom is -0.481 e. The second-order valence-electron chi connectivity index (χ2n) is 8.00. The molecule has 0 saturated carbocycles. The molecule has 0 saturated heterocycles. The Hall–Kier alpha value is -0.0500. The largest absolute Gasteiger partial charge is 0.481 e. The number of carboxylic acid groups (broad SMARTS) is 1. The van der Waals surface area contributed by atoms with Crippen LogP contribution < -0.4 is 0 Å². The summed E-state index contributed by atoms with van der Waals surface area (Å²) in [4.78, 5) is 11.9. The first-order valence-corrected chi connectivity index (χ1v) is 12.6. The lowest BCUT2D eigenvalue weighted by atomic mass is 9.81. The molecule has 0 bridgehead atoms. The van der Waals surface area contributed by atoms with Crippen molar-refractivity contribution < 1.29 is 9.90 Å². The topological polar surface area (TPSA) is 37.3 Å². The van der Waals surface area contributed by atoms with E-state index in [0.717, 1.165) is 37.4 Å². The lowest BCUT2D eigenvalue weighted by Crippen LogP contribution is -2.24. The highest BCUT2D eigenvalue weighted by atomic mass is 79.9. The molecule has 0 aromatic carbocycles. The second kappa shape index (κ2) is 19.7. The molecule has 0 aromatic rings. The van der Waals surface area contributed by atoms with Crippen LogP contribution >= 0.6 is 15.9 Å². The maximum absolute atomic E-state index is 11.9. The minimum absolute atomic E-state index is 0.125. The van der Waals surface area contributed by atoms with E-state index in [1.54, 1.807) is 0 Å². The smallest absolute Gasteiger partial charge is 0.306 e. The van der Waals surface area contributed by atoms with Gasteiger partial charge >= 0.3 is 5.97 Å². The van der Waals surface area contributed by atoms with E-state index in [2.05, 4.69) is 29.8 Å². The van der Waals surface area contributed by atoms with Crippen molar-refractivity contribution in [2.75, 3.05) is 5.33 Å². The highest BCUT2D eigenvalue weighted by Crippen LogP contribution is 2.30. The Bertz CT molecular complexity index is 291. The summed E-state index contributed by atoms with van der Waals surface area (Å²) >= 11 is 3.47. The van der Waals surface area contributed by atoms with E-state index in [-0.39, 0.29) is 5.92 Å². The Morgan fingerprint density at radius 3 is 1.54 bits per heavy atom. The van der Waals surface area contributed by atoms with Gasteiger partial charge in [0.05, 0.1) is 5.92 Å². The molecule has 0 spiro atoms. The molecule has 1 N–H and O–H groups in total. The van der Waals surface area contributed by atoms with Crippen molar-refractivity contribution in [3.8, 4) is 0 Å². The number of aliphatic carboxylic acids is 1. The summed E-state index contributed by atoms with van der Waals surface area (Å²) < 4.78 is 0. The molecule has 3 heteroatoms. The molecule has 1 unspecified atom stereocenters. The zero-order valence-corrected chi connectivity index (χ0v) is 19.2. The summed E-state index contributed by atoms with van der Waals surface area (Å²) in [6.07, 6.45) is 20.8. The van der Waals surface area contributed by atoms with Crippen molar-refractivity contribution in [1.82, 2.24) is 0 Å². The van der Waals surface area contributed by atoms with Gasteiger partial charge in [0.15, 0.2) is 0 Å². The molecule has 1 atom stereocenters. The average molecular weight is 434 g/mol. The van der Waals surface area contributed by atoms with Crippen LogP contribution in [0.1, 0.15) is 123 Å². The van der Waals surface area contributed by atoms with Crippen LogP contribution in [0.5, 0.6) is 0 Å². The van der Waals surface area contributed by atoms with E-state index in [1.165, 1.54) is 77.0 Å². The van der Waals surface area contributed by atoms with Crippen LogP contribution in [0.3, 0.4) is 0 Å². The molecule has 2 nitrogen and oxygen atoms in total. The third kappa shape index (κ3) is 15.1. The molecule has 0 radical (unpaired) electrons. The van der Waals surface area contributed by atoms with Gasteiger partial charge in [-0.25, -0.2) is 0 Å². The summed E-state index contributed by atoms with van der Waals surface area (Å²) in [6.45, 7) is 4.50. The summed E-state index contributed by atoms with van der Waals surface area (Å²) in [5, 5.41) is 10.8. The van der Waals surface area contributed by atoms with Gasteiger partial charge < -0.3 is 5.11 Å². The van der Waals surface area contributed by atoms with Gasteiger partial charge in [-0.1, -0.05) is 113 Å². The van der Waals surface area contributed by atoms with Crippen LogP contribution in [-0.2, 0) is 4.79 Å². The molecular weight excluding hydrogens is 388 g/mol. The molecule has 26 heavy (non-hydrogen) atoms. The Labute approximate surface area is 172 Å². The second-order valence-corrected chi connectivity index (χ2v) is 8.80. The van der Waals surface area contributed by atoms with Crippen LogP contribution in [0.25, 0.3) is 0 Å². The van der Waals surface area contributed by atoms with Gasteiger partial charge in [0.25, 0.3) is 0 Å². The predicted molar refractivity (Wildman–Crippen MR) is 118 cm³/mol. The normalized spacial score (nSPS) is 12.6. The van der Waals surface area contributed by atoms with E-state index >= 15 is 0 Å². The highest BCUT2D eigenvalue weighted by molar-refractivity contribution is 9.09. The van der Waals surface area contributed by atoms with E-state index < -0.39 is 5.97 Å². The van der Waals surface area contributed by atoms with Gasteiger partial charge in [0.2, 0.25) is 0 Å². The van der Waals surface area contributed by atoms with Gasteiger partial charge in [0.1, 0.15) is 0 Å². The highest BCUT2D eigenvalue weighted by Gasteiger charge is 2.26. The van der Waals surface area contributed by atoms with Crippen molar-refractivity contribution >= 4 is 21.9 Å². The average Bonchev–Trinajstić information content (AvgIpc) is 2.63. The fraction of sp³-hybridized carbons (Fsp3) is 0.957. The number of hydrogen-bond acceptors (Lipinski definition) is 1. The third-order valence-electron chi connectivity index (χ3n) is 5.64. The van der Waals surface area contributed by atoms with Gasteiger partial charge in [-0.05, 0) is 31.6 Å². The standard InChI is InChI=1S/C23H45BrO2/c1-3-5-7-9-11-13-17-21(18-14-12-10-8-6-4-2)22(23(25)26)19-15-16-20-24/h21-22H,3-20H2,1-2H3,(H,25,26). The summed E-state index contributed by atoms with van der Waals surface area (Å²) in [5.41, 5.74) is 0. The number of rotatable bonds is 20. The molecular formula is C23H45BrO2. The number of carbonyl (C=O) groups is 1. The van der Waals surface area contributed by atoms with Crippen LogP contribution in [0.2, 0.25) is 0 Å². The Kier molecular flexibility index (Phi) is 19.7. The fourth-order valence-corrected chi connectivity index (χ4v) is 4.34. The van der Waals surface area contributed by atoms with Gasteiger partial charge in [-0.2, -0.15) is 0 Å².